The third-order valence-corrected chi connectivity index (χ3v) is 4.17. The van der Waals surface area contributed by atoms with Gasteiger partial charge in [-0.1, -0.05) is 0 Å². The molecule has 102 valence electrons. The number of anilines is 1. The first-order valence-electron chi connectivity index (χ1n) is 5.59. The summed E-state index contributed by atoms with van der Waals surface area (Å²) in [5.74, 6) is 0.857. The zero-order chi connectivity index (χ0) is 13.9. The lowest BCUT2D eigenvalue weighted by molar-refractivity contribution is 0.890. The van der Waals surface area contributed by atoms with Gasteiger partial charge in [0.25, 0.3) is 0 Å². The molecular weight excluding hydrogens is 364 g/mol. The maximum absolute atomic E-state index is 5.91. The van der Waals surface area contributed by atoms with Crippen LogP contribution in [-0.4, -0.2) is 24.5 Å². The second-order valence-corrected chi connectivity index (χ2v) is 6.64. The highest BCUT2D eigenvalue weighted by Crippen LogP contribution is 2.22. The molecule has 0 aliphatic heterocycles. The average Bonchev–Trinajstić information content (AvgIpc) is 3.07. The van der Waals surface area contributed by atoms with Crippen molar-refractivity contribution in [3.8, 4) is 5.95 Å². The van der Waals surface area contributed by atoms with Gasteiger partial charge in [0.2, 0.25) is 17.2 Å². The Balaban J connectivity index is 1.79. The lowest BCUT2D eigenvalue weighted by Gasteiger charge is -2.05. The fourth-order valence-corrected chi connectivity index (χ4v) is 3.10. The number of rotatable bonds is 4. The second kappa shape index (κ2) is 5.86. The van der Waals surface area contributed by atoms with Gasteiger partial charge in [-0.05, 0) is 39.7 Å². The number of imidazole rings is 1. The van der Waals surface area contributed by atoms with Crippen LogP contribution in [0.5, 0.6) is 0 Å². The van der Waals surface area contributed by atoms with Crippen molar-refractivity contribution in [3.05, 3.63) is 44.8 Å². The zero-order valence-corrected chi connectivity index (χ0v) is 13.2. The van der Waals surface area contributed by atoms with E-state index in [1.54, 1.807) is 34.6 Å². The van der Waals surface area contributed by atoms with Gasteiger partial charge in [-0.15, -0.1) is 11.3 Å². The highest BCUT2D eigenvalue weighted by molar-refractivity contribution is 9.11. The summed E-state index contributed by atoms with van der Waals surface area (Å²) in [5.41, 5.74) is 0. The Kier molecular flexibility index (Phi) is 3.95. The Labute approximate surface area is 132 Å². The van der Waals surface area contributed by atoms with Gasteiger partial charge in [-0.25, -0.2) is 4.98 Å². The molecule has 1 N–H and O–H groups in total. The van der Waals surface area contributed by atoms with E-state index in [4.69, 9.17) is 11.6 Å². The van der Waals surface area contributed by atoms with Crippen molar-refractivity contribution in [2.75, 3.05) is 5.32 Å². The molecule has 0 atom stereocenters. The molecule has 6 nitrogen and oxygen atoms in total. The molecule has 0 saturated carbocycles. The summed E-state index contributed by atoms with van der Waals surface area (Å²) < 4.78 is 2.75. The first-order valence-corrected chi connectivity index (χ1v) is 7.57. The minimum atomic E-state index is 0.138. The molecular formula is C11H8BrClN6S. The smallest absolute Gasteiger partial charge is 0.241 e. The fourth-order valence-electron chi connectivity index (χ4n) is 1.52. The van der Waals surface area contributed by atoms with Crippen LogP contribution in [0.15, 0.2) is 34.6 Å². The van der Waals surface area contributed by atoms with Crippen LogP contribution in [-0.2, 0) is 6.54 Å². The Bertz CT molecular complexity index is 714. The van der Waals surface area contributed by atoms with E-state index >= 15 is 0 Å². The number of nitrogens with one attached hydrogen (secondary N) is 1. The summed E-state index contributed by atoms with van der Waals surface area (Å²) in [6.07, 6.45) is 4.99. The molecule has 3 rings (SSSR count). The summed E-state index contributed by atoms with van der Waals surface area (Å²) >= 11 is 11.0. The van der Waals surface area contributed by atoms with Gasteiger partial charge in [0.15, 0.2) is 0 Å². The van der Waals surface area contributed by atoms with Crippen LogP contribution in [0.25, 0.3) is 5.95 Å². The number of nitrogens with zero attached hydrogens (tertiary/aromatic N) is 5. The van der Waals surface area contributed by atoms with Crippen LogP contribution < -0.4 is 5.32 Å². The lowest BCUT2D eigenvalue weighted by atomic mass is 10.5. The van der Waals surface area contributed by atoms with Crippen molar-refractivity contribution in [1.82, 2.24) is 24.5 Å². The van der Waals surface area contributed by atoms with E-state index in [1.807, 2.05) is 12.1 Å². The van der Waals surface area contributed by atoms with Crippen LogP contribution in [0.3, 0.4) is 0 Å². The van der Waals surface area contributed by atoms with Crippen molar-refractivity contribution in [3.63, 3.8) is 0 Å². The van der Waals surface area contributed by atoms with Crippen LogP contribution in [0.2, 0.25) is 5.28 Å². The summed E-state index contributed by atoms with van der Waals surface area (Å²) in [5, 5.41) is 3.26. The van der Waals surface area contributed by atoms with Crippen LogP contribution in [0.1, 0.15) is 4.88 Å². The van der Waals surface area contributed by atoms with E-state index in [0.717, 1.165) is 8.66 Å². The van der Waals surface area contributed by atoms with Gasteiger partial charge in [0, 0.05) is 17.3 Å². The number of thiophene rings is 1. The summed E-state index contributed by atoms with van der Waals surface area (Å²) in [7, 11) is 0. The molecule has 9 heteroatoms. The quantitative estimate of drug-likeness (QED) is 0.763. The summed E-state index contributed by atoms with van der Waals surface area (Å²) in [4.78, 5) is 17.5. The fraction of sp³-hybridized carbons (Fsp3) is 0.0909. The third kappa shape index (κ3) is 3.14. The number of hydrogen-bond acceptors (Lipinski definition) is 6. The number of halogens is 2. The van der Waals surface area contributed by atoms with Crippen molar-refractivity contribution in [1.29, 1.82) is 0 Å². The SMILES string of the molecule is Clc1nc(NCc2ccc(Br)s2)nc(-n2ccnc2)n1. The molecule has 20 heavy (non-hydrogen) atoms. The first kappa shape index (κ1) is 13.5. The van der Waals surface area contributed by atoms with E-state index in [2.05, 4.69) is 41.2 Å². The van der Waals surface area contributed by atoms with Crippen molar-refractivity contribution >= 4 is 44.8 Å². The molecule has 0 saturated heterocycles. The largest absolute Gasteiger partial charge is 0.349 e. The molecule has 0 aromatic carbocycles. The lowest BCUT2D eigenvalue weighted by Crippen LogP contribution is -2.07. The second-order valence-electron chi connectivity index (χ2n) is 3.76. The van der Waals surface area contributed by atoms with Gasteiger partial charge >= 0.3 is 0 Å². The molecule has 0 aliphatic carbocycles. The maximum Gasteiger partial charge on any atom is 0.241 e. The first-order chi connectivity index (χ1) is 9.70. The van der Waals surface area contributed by atoms with Crippen molar-refractivity contribution in [2.45, 2.75) is 6.54 Å². The maximum atomic E-state index is 5.91. The minimum absolute atomic E-state index is 0.138. The Morgan fingerprint density at radius 2 is 2.20 bits per heavy atom. The van der Waals surface area contributed by atoms with Crippen LogP contribution >= 0.6 is 38.9 Å². The summed E-state index contributed by atoms with van der Waals surface area (Å²) in [6, 6.07) is 4.03. The molecule has 0 bridgehead atoms. The van der Waals surface area contributed by atoms with Crippen molar-refractivity contribution < 1.29 is 0 Å². The molecule has 0 radical (unpaired) electrons. The number of hydrogen-bond donors (Lipinski definition) is 1. The van der Waals surface area contributed by atoms with E-state index < -0.39 is 0 Å². The van der Waals surface area contributed by atoms with E-state index in [9.17, 15) is 0 Å². The monoisotopic (exact) mass is 370 g/mol. The van der Waals surface area contributed by atoms with Crippen molar-refractivity contribution in [2.24, 2.45) is 0 Å². The molecule has 0 fully saturated rings. The van der Waals surface area contributed by atoms with Gasteiger partial charge in [0.05, 0.1) is 10.3 Å². The normalized spacial score (nSPS) is 10.7. The topological polar surface area (TPSA) is 68.5 Å². The third-order valence-electron chi connectivity index (χ3n) is 2.38. The molecule has 0 unspecified atom stereocenters. The molecule has 3 aromatic rings. The Morgan fingerprint density at radius 3 is 2.90 bits per heavy atom. The Hall–Kier alpha value is -1.51. The average molecular weight is 372 g/mol. The van der Waals surface area contributed by atoms with Gasteiger partial charge in [0.1, 0.15) is 6.33 Å². The molecule has 0 spiro atoms. The standard InChI is InChI=1S/C11H8BrClN6S/c12-8-2-1-7(20-8)5-15-10-16-9(13)17-11(18-10)19-4-3-14-6-19/h1-4,6H,5H2,(H,15,16,17,18). The molecule has 0 amide bonds. The van der Waals surface area contributed by atoms with Crippen LogP contribution in [0, 0.1) is 0 Å². The van der Waals surface area contributed by atoms with E-state index in [1.165, 1.54) is 0 Å². The number of aromatic nitrogens is 5. The minimum Gasteiger partial charge on any atom is -0.349 e. The Morgan fingerprint density at radius 1 is 1.30 bits per heavy atom. The van der Waals surface area contributed by atoms with Gasteiger partial charge in [-0.2, -0.15) is 15.0 Å². The molecule has 3 heterocycles. The van der Waals surface area contributed by atoms with Gasteiger partial charge in [-0.3, -0.25) is 4.57 Å². The predicted octanol–water partition coefficient (Wildman–Crippen LogP) is 3.15. The van der Waals surface area contributed by atoms with E-state index in [0.29, 0.717) is 18.4 Å². The van der Waals surface area contributed by atoms with Gasteiger partial charge < -0.3 is 5.32 Å². The zero-order valence-electron chi connectivity index (χ0n) is 9.99. The molecule has 3 aromatic heterocycles. The van der Waals surface area contributed by atoms with E-state index in [-0.39, 0.29) is 5.28 Å². The predicted molar refractivity (Wildman–Crippen MR) is 81.3 cm³/mol. The highest BCUT2D eigenvalue weighted by Gasteiger charge is 2.07. The summed E-state index contributed by atoms with van der Waals surface area (Å²) in [6.45, 7) is 0.625. The highest BCUT2D eigenvalue weighted by atomic mass is 79.9. The molecule has 0 aliphatic rings. The van der Waals surface area contributed by atoms with Crippen LogP contribution in [0.4, 0.5) is 5.95 Å².